The van der Waals surface area contributed by atoms with Crippen molar-refractivity contribution in [2.45, 2.75) is 45.4 Å². The minimum atomic E-state index is -0.351. The van der Waals surface area contributed by atoms with E-state index in [1.807, 2.05) is 13.8 Å². The first kappa shape index (κ1) is 18.0. The van der Waals surface area contributed by atoms with Gasteiger partial charge in [0.2, 0.25) is 0 Å². The normalized spacial score (nSPS) is 13.3. The quantitative estimate of drug-likeness (QED) is 0.603. The van der Waals surface area contributed by atoms with Crippen LogP contribution in [0.3, 0.4) is 0 Å². The fourth-order valence-corrected chi connectivity index (χ4v) is 2.53. The van der Waals surface area contributed by atoms with E-state index < -0.39 is 0 Å². The molecule has 2 aromatic rings. The van der Waals surface area contributed by atoms with Gasteiger partial charge in [-0.2, -0.15) is 0 Å². The van der Waals surface area contributed by atoms with Crippen molar-refractivity contribution in [3.8, 4) is 0 Å². The number of aromatic nitrogens is 2. The summed E-state index contributed by atoms with van der Waals surface area (Å²) in [6.45, 7) is 4.28. The number of carbonyl (C=O) groups is 2. The summed E-state index contributed by atoms with van der Waals surface area (Å²) in [5, 5.41) is 2.81. The smallest absolute Gasteiger partial charge is 0.338 e. The van der Waals surface area contributed by atoms with Gasteiger partial charge in [0.15, 0.2) is 0 Å². The molecule has 6 nitrogen and oxygen atoms in total. The van der Waals surface area contributed by atoms with E-state index in [0.717, 1.165) is 31.5 Å². The summed E-state index contributed by atoms with van der Waals surface area (Å²) in [7, 11) is 0. The number of rotatable bonds is 7. The third-order valence-corrected chi connectivity index (χ3v) is 4.29. The third-order valence-electron chi connectivity index (χ3n) is 4.29. The summed E-state index contributed by atoms with van der Waals surface area (Å²) in [5.74, 6) is 0.666. The summed E-state index contributed by atoms with van der Waals surface area (Å²) in [6.07, 6.45) is 5.66. The number of unbranched alkanes of at least 4 members (excludes halogenated alkanes) is 1. The molecule has 1 saturated carbocycles. The number of esters is 1. The predicted molar refractivity (Wildman–Crippen MR) is 98.3 cm³/mol. The summed E-state index contributed by atoms with van der Waals surface area (Å²) < 4.78 is 5.17. The molecule has 0 atom stereocenters. The SMILES string of the molecule is CCCCOC(=O)c1ccc(NC(=O)c2cnc(C3CC3)nc2C)cc1. The van der Waals surface area contributed by atoms with Crippen LogP contribution >= 0.6 is 0 Å². The monoisotopic (exact) mass is 353 g/mol. The highest BCUT2D eigenvalue weighted by Gasteiger charge is 2.27. The minimum absolute atomic E-state index is 0.261. The largest absolute Gasteiger partial charge is 0.462 e. The molecule has 1 aromatic heterocycles. The van der Waals surface area contributed by atoms with E-state index in [2.05, 4.69) is 15.3 Å². The van der Waals surface area contributed by atoms with Gasteiger partial charge >= 0.3 is 5.97 Å². The Hall–Kier alpha value is -2.76. The molecule has 0 spiro atoms. The molecule has 0 unspecified atom stereocenters. The van der Waals surface area contributed by atoms with Crippen molar-refractivity contribution in [2.75, 3.05) is 11.9 Å². The Morgan fingerprint density at radius 1 is 1.23 bits per heavy atom. The number of nitrogens with one attached hydrogen (secondary N) is 1. The molecule has 1 heterocycles. The summed E-state index contributed by atoms with van der Waals surface area (Å²) in [5.41, 5.74) is 2.20. The van der Waals surface area contributed by atoms with Crippen LogP contribution in [0.25, 0.3) is 0 Å². The topological polar surface area (TPSA) is 81.2 Å². The standard InChI is InChI=1S/C20H23N3O3/c1-3-4-11-26-20(25)15-7-9-16(10-8-15)23-19(24)17-12-21-18(14-5-6-14)22-13(17)2/h7-10,12,14H,3-6,11H2,1-2H3,(H,23,24). The van der Waals surface area contributed by atoms with Gasteiger partial charge in [0, 0.05) is 17.8 Å². The number of carbonyl (C=O) groups excluding carboxylic acids is 2. The minimum Gasteiger partial charge on any atom is -0.462 e. The van der Waals surface area contributed by atoms with Gasteiger partial charge in [0.25, 0.3) is 5.91 Å². The zero-order valence-corrected chi connectivity index (χ0v) is 15.1. The van der Waals surface area contributed by atoms with Gasteiger partial charge in [0.1, 0.15) is 5.82 Å². The number of hydrogen-bond donors (Lipinski definition) is 1. The van der Waals surface area contributed by atoms with Crippen LogP contribution in [-0.4, -0.2) is 28.5 Å². The fraction of sp³-hybridized carbons (Fsp3) is 0.400. The number of aryl methyl sites for hydroxylation is 1. The molecule has 0 aliphatic heterocycles. The maximum Gasteiger partial charge on any atom is 0.338 e. The predicted octanol–water partition coefficient (Wildman–Crippen LogP) is 3.87. The maximum atomic E-state index is 12.4. The fourth-order valence-electron chi connectivity index (χ4n) is 2.53. The molecule has 1 aromatic carbocycles. The van der Waals surface area contributed by atoms with Crippen molar-refractivity contribution in [3.05, 3.63) is 53.1 Å². The van der Waals surface area contributed by atoms with Gasteiger partial charge in [-0.05, 0) is 50.5 Å². The van der Waals surface area contributed by atoms with E-state index in [1.165, 1.54) is 0 Å². The van der Waals surface area contributed by atoms with Crippen LogP contribution in [0.1, 0.15) is 70.8 Å². The number of hydrogen-bond acceptors (Lipinski definition) is 5. The van der Waals surface area contributed by atoms with Crippen molar-refractivity contribution in [1.82, 2.24) is 9.97 Å². The summed E-state index contributed by atoms with van der Waals surface area (Å²) in [6, 6.07) is 6.65. The van der Waals surface area contributed by atoms with Gasteiger partial charge in [0.05, 0.1) is 23.4 Å². The first-order chi connectivity index (χ1) is 12.6. The van der Waals surface area contributed by atoms with E-state index in [1.54, 1.807) is 30.5 Å². The summed E-state index contributed by atoms with van der Waals surface area (Å²) >= 11 is 0. The van der Waals surface area contributed by atoms with Crippen molar-refractivity contribution in [2.24, 2.45) is 0 Å². The van der Waals surface area contributed by atoms with Gasteiger partial charge in [-0.3, -0.25) is 4.79 Å². The highest BCUT2D eigenvalue weighted by molar-refractivity contribution is 6.05. The van der Waals surface area contributed by atoms with Crippen molar-refractivity contribution in [3.63, 3.8) is 0 Å². The van der Waals surface area contributed by atoms with Gasteiger partial charge in [-0.1, -0.05) is 13.3 Å². The maximum absolute atomic E-state index is 12.4. The Kier molecular flexibility index (Phi) is 5.61. The highest BCUT2D eigenvalue weighted by atomic mass is 16.5. The van der Waals surface area contributed by atoms with Crippen LogP contribution in [-0.2, 0) is 4.74 Å². The summed E-state index contributed by atoms with van der Waals surface area (Å²) in [4.78, 5) is 33.1. The van der Waals surface area contributed by atoms with E-state index in [0.29, 0.717) is 35.0 Å². The first-order valence-electron chi connectivity index (χ1n) is 9.00. The van der Waals surface area contributed by atoms with Crippen molar-refractivity contribution in [1.29, 1.82) is 0 Å². The van der Waals surface area contributed by atoms with Crippen LogP contribution in [0.5, 0.6) is 0 Å². The highest BCUT2D eigenvalue weighted by Crippen LogP contribution is 2.37. The zero-order valence-electron chi connectivity index (χ0n) is 15.1. The lowest BCUT2D eigenvalue weighted by molar-refractivity contribution is 0.0499. The molecule has 6 heteroatoms. The van der Waals surface area contributed by atoms with Crippen LogP contribution in [0.4, 0.5) is 5.69 Å². The van der Waals surface area contributed by atoms with Crippen molar-refractivity contribution >= 4 is 17.6 Å². The Labute approximate surface area is 153 Å². The molecule has 0 bridgehead atoms. The number of ether oxygens (including phenoxy) is 1. The van der Waals surface area contributed by atoms with E-state index in [-0.39, 0.29) is 11.9 Å². The second kappa shape index (κ2) is 8.08. The van der Waals surface area contributed by atoms with E-state index in [9.17, 15) is 9.59 Å². The molecule has 1 aliphatic carbocycles. The lowest BCUT2D eigenvalue weighted by Crippen LogP contribution is -2.15. The lowest BCUT2D eigenvalue weighted by atomic mass is 10.2. The number of benzene rings is 1. The average molecular weight is 353 g/mol. The van der Waals surface area contributed by atoms with E-state index >= 15 is 0 Å². The van der Waals surface area contributed by atoms with E-state index in [4.69, 9.17) is 4.74 Å². The zero-order chi connectivity index (χ0) is 18.5. The molecule has 0 radical (unpaired) electrons. The average Bonchev–Trinajstić information content (AvgIpc) is 3.47. The molecular weight excluding hydrogens is 330 g/mol. The van der Waals surface area contributed by atoms with Gasteiger partial charge in [-0.15, -0.1) is 0 Å². The Balaban J connectivity index is 1.61. The molecular formula is C20H23N3O3. The molecule has 1 N–H and O–H groups in total. The van der Waals surface area contributed by atoms with Crippen LogP contribution < -0.4 is 5.32 Å². The number of anilines is 1. The molecule has 1 aliphatic rings. The van der Waals surface area contributed by atoms with Crippen LogP contribution in [0.2, 0.25) is 0 Å². The first-order valence-corrected chi connectivity index (χ1v) is 9.00. The Morgan fingerprint density at radius 2 is 1.96 bits per heavy atom. The van der Waals surface area contributed by atoms with Crippen LogP contribution in [0, 0.1) is 6.92 Å². The second-order valence-electron chi connectivity index (χ2n) is 6.52. The number of nitrogens with zero attached hydrogens (tertiary/aromatic N) is 2. The third kappa shape index (κ3) is 4.45. The molecule has 136 valence electrons. The lowest BCUT2D eigenvalue weighted by Gasteiger charge is -2.09. The molecule has 0 saturated heterocycles. The van der Waals surface area contributed by atoms with Gasteiger partial charge in [-0.25, -0.2) is 14.8 Å². The molecule has 1 fully saturated rings. The van der Waals surface area contributed by atoms with Gasteiger partial charge < -0.3 is 10.1 Å². The molecule has 1 amide bonds. The van der Waals surface area contributed by atoms with Crippen molar-refractivity contribution < 1.29 is 14.3 Å². The second-order valence-corrected chi connectivity index (χ2v) is 6.52. The molecule has 3 rings (SSSR count). The Morgan fingerprint density at radius 3 is 2.58 bits per heavy atom. The van der Waals surface area contributed by atoms with Crippen LogP contribution in [0.15, 0.2) is 30.5 Å². The number of amides is 1. The molecule has 26 heavy (non-hydrogen) atoms. The Bertz CT molecular complexity index is 798.